The molecular weight excluding hydrogens is 302 g/mol. The van der Waals surface area contributed by atoms with Crippen LogP contribution in [0.25, 0.3) is 5.69 Å². The van der Waals surface area contributed by atoms with Crippen molar-refractivity contribution in [2.75, 3.05) is 0 Å². The Labute approximate surface area is 139 Å². The summed E-state index contributed by atoms with van der Waals surface area (Å²) in [5, 5.41) is 13.2. The van der Waals surface area contributed by atoms with E-state index in [1.165, 1.54) is 0 Å². The number of hydrogen-bond donors (Lipinski definition) is 2. The van der Waals surface area contributed by atoms with Crippen LogP contribution >= 0.6 is 0 Å². The minimum absolute atomic E-state index is 0.187. The molecule has 0 radical (unpaired) electrons. The van der Waals surface area contributed by atoms with Gasteiger partial charge in [0.2, 0.25) is 0 Å². The Hall–Kier alpha value is -2.92. The predicted molar refractivity (Wildman–Crippen MR) is 89.9 cm³/mol. The molecule has 2 aromatic carbocycles. The van der Waals surface area contributed by atoms with E-state index in [9.17, 15) is 9.90 Å². The second-order valence-electron chi connectivity index (χ2n) is 5.94. The molecule has 2 atom stereocenters. The summed E-state index contributed by atoms with van der Waals surface area (Å²) in [5.41, 5.74) is 3.59. The Balaban J connectivity index is 1.52. The van der Waals surface area contributed by atoms with Gasteiger partial charge in [-0.2, -0.15) is 0 Å². The number of hydrogen-bond acceptors (Lipinski definition) is 3. The first-order valence-corrected chi connectivity index (χ1v) is 7.87. The van der Waals surface area contributed by atoms with Crippen molar-refractivity contribution in [3.63, 3.8) is 0 Å². The van der Waals surface area contributed by atoms with Gasteiger partial charge < -0.3 is 15.0 Å². The van der Waals surface area contributed by atoms with E-state index in [4.69, 9.17) is 0 Å². The minimum Gasteiger partial charge on any atom is -0.390 e. The van der Waals surface area contributed by atoms with Crippen molar-refractivity contribution in [2.24, 2.45) is 0 Å². The first-order chi connectivity index (χ1) is 11.7. The Bertz CT molecular complexity index is 857. The maximum absolute atomic E-state index is 12.5. The monoisotopic (exact) mass is 319 g/mol. The van der Waals surface area contributed by atoms with Gasteiger partial charge >= 0.3 is 0 Å². The maximum atomic E-state index is 12.5. The summed E-state index contributed by atoms with van der Waals surface area (Å²) in [6, 6.07) is 14.8. The van der Waals surface area contributed by atoms with Crippen LogP contribution < -0.4 is 5.32 Å². The summed E-state index contributed by atoms with van der Waals surface area (Å²) < 4.78 is 1.87. The summed E-state index contributed by atoms with van der Waals surface area (Å²) in [4.78, 5) is 16.5. The predicted octanol–water partition coefficient (Wildman–Crippen LogP) is 2.26. The van der Waals surface area contributed by atoms with E-state index in [-0.39, 0.29) is 11.9 Å². The molecule has 1 aliphatic rings. The smallest absolute Gasteiger partial charge is 0.251 e. The van der Waals surface area contributed by atoms with Gasteiger partial charge in [0, 0.05) is 30.1 Å². The zero-order valence-corrected chi connectivity index (χ0v) is 13.0. The number of rotatable bonds is 3. The minimum atomic E-state index is -0.587. The average Bonchev–Trinajstić information content (AvgIpc) is 3.24. The van der Waals surface area contributed by atoms with Crippen LogP contribution in [0.15, 0.2) is 67.3 Å². The molecule has 0 fully saturated rings. The SMILES string of the molecule is O=C(N[C@H]1c2ccccc2C[C@@H]1O)c1ccc(-n2ccnc2)cc1. The fraction of sp³-hybridized carbons (Fsp3) is 0.158. The Kier molecular flexibility index (Phi) is 3.63. The third-order valence-corrected chi connectivity index (χ3v) is 4.42. The van der Waals surface area contributed by atoms with Gasteiger partial charge in [-0.3, -0.25) is 4.79 Å². The lowest BCUT2D eigenvalue weighted by atomic mass is 10.1. The number of aliphatic hydroxyl groups is 1. The van der Waals surface area contributed by atoms with Crippen LogP contribution in [0.1, 0.15) is 27.5 Å². The molecule has 0 unspecified atom stereocenters. The molecule has 120 valence electrons. The number of amides is 1. The van der Waals surface area contributed by atoms with Gasteiger partial charge in [0.25, 0.3) is 5.91 Å². The van der Waals surface area contributed by atoms with Crippen LogP contribution in [-0.4, -0.2) is 26.7 Å². The molecule has 1 aliphatic carbocycles. The molecule has 1 aromatic heterocycles. The number of aromatic nitrogens is 2. The molecule has 1 heterocycles. The quantitative estimate of drug-likeness (QED) is 0.778. The van der Waals surface area contributed by atoms with Crippen LogP contribution in [0.4, 0.5) is 0 Å². The third-order valence-electron chi connectivity index (χ3n) is 4.42. The molecule has 0 aliphatic heterocycles. The van der Waals surface area contributed by atoms with Crippen LogP contribution in [0.5, 0.6) is 0 Å². The first kappa shape index (κ1) is 14.7. The summed E-state index contributed by atoms with van der Waals surface area (Å²) in [5.74, 6) is -0.187. The van der Waals surface area contributed by atoms with E-state index >= 15 is 0 Å². The van der Waals surface area contributed by atoms with E-state index in [1.54, 1.807) is 24.7 Å². The van der Waals surface area contributed by atoms with Gasteiger partial charge in [0.1, 0.15) is 0 Å². The van der Waals surface area contributed by atoms with Gasteiger partial charge in [0.05, 0.1) is 18.5 Å². The van der Waals surface area contributed by atoms with Gasteiger partial charge in [-0.15, -0.1) is 0 Å². The Morgan fingerprint density at radius 1 is 1.17 bits per heavy atom. The standard InChI is InChI=1S/C19H17N3O2/c23-17-11-14-3-1-2-4-16(14)18(17)21-19(24)13-5-7-15(8-6-13)22-10-9-20-12-22/h1-10,12,17-18,23H,11H2,(H,21,24)/t17-,18-/m0/s1. The summed E-state index contributed by atoms with van der Waals surface area (Å²) >= 11 is 0. The number of aliphatic hydroxyl groups excluding tert-OH is 1. The van der Waals surface area contributed by atoms with Crippen molar-refractivity contribution in [3.8, 4) is 5.69 Å². The largest absolute Gasteiger partial charge is 0.390 e. The topological polar surface area (TPSA) is 67.2 Å². The van der Waals surface area contributed by atoms with Gasteiger partial charge in [0.15, 0.2) is 0 Å². The van der Waals surface area contributed by atoms with Crippen LogP contribution in [0.3, 0.4) is 0 Å². The molecule has 5 heteroatoms. The van der Waals surface area contributed by atoms with Crippen molar-refractivity contribution in [2.45, 2.75) is 18.6 Å². The molecule has 5 nitrogen and oxygen atoms in total. The van der Waals surface area contributed by atoms with E-state index in [0.29, 0.717) is 12.0 Å². The van der Waals surface area contributed by atoms with Crippen LogP contribution in [0.2, 0.25) is 0 Å². The van der Waals surface area contributed by atoms with Gasteiger partial charge in [-0.1, -0.05) is 24.3 Å². The van der Waals surface area contributed by atoms with Crippen LogP contribution in [-0.2, 0) is 6.42 Å². The number of nitrogens with one attached hydrogen (secondary N) is 1. The second kappa shape index (κ2) is 5.94. The van der Waals surface area contributed by atoms with E-state index in [1.807, 2.05) is 47.2 Å². The highest BCUT2D eigenvalue weighted by Crippen LogP contribution is 2.31. The number of carbonyl (C=O) groups is 1. The molecular formula is C19H17N3O2. The fourth-order valence-electron chi connectivity index (χ4n) is 3.17. The summed E-state index contributed by atoms with van der Waals surface area (Å²) in [6.07, 6.45) is 5.25. The van der Waals surface area contributed by atoms with E-state index in [0.717, 1.165) is 16.8 Å². The molecule has 4 rings (SSSR count). The number of benzene rings is 2. The third kappa shape index (κ3) is 2.59. The number of nitrogens with zero attached hydrogens (tertiary/aromatic N) is 2. The number of fused-ring (bicyclic) bond motifs is 1. The molecule has 24 heavy (non-hydrogen) atoms. The first-order valence-electron chi connectivity index (χ1n) is 7.87. The lowest BCUT2D eigenvalue weighted by molar-refractivity contribution is 0.0858. The second-order valence-corrected chi connectivity index (χ2v) is 5.94. The highest BCUT2D eigenvalue weighted by Gasteiger charge is 2.31. The summed E-state index contributed by atoms with van der Waals surface area (Å²) in [7, 11) is 0. The lowest BCUT2D eigenvalue weighted by Crippen LogP contribution is -2.33. The average molecular weight is 319 g/mol. The Morgan fingerprint density at radius 2 is 1.96 bits per heavy atom. The highest BCUT2D eigenvalue weighted by atomic mass is 16.3. The van der Waals surface area contributed by atoms with Gasteiger partial charge in [-0.25, -0.2) is 4.98 Å². The summed E-state index contributed by atoms with van der Waals surface area (Å²) in [6.45, 7) is 0. The van der Waals surface area contributed by atoms with Crippen molar-refractivity contribution in [1.29, 1.82) is 0 Å². The normalized spacial score (nSPS) is 19.0. The van der Waals surface area contributed by atoms with Crippen molar-refractivity contribution < 1.29 is 9.90 Å². The zero-order valence-electron chi connectivity index (χ0n) is 13.0. The molecule has 0 bridgehead atoms. The number of imidazole rings is 1. The van der Waals surface area contributed by atoms with E-state index in [2.05, 4.69) is 10.3 Å². The van der Waals surface area contributed by atoms with Gasteiger partial charge in [-0.05, 0) is 35.4 Å². The van der Waals surface area contributed by atoms with Crippen molar-refractivity contribution >= 4 is 5.91 Å². The van der Waals surface area contributed by atoms with E-state index < -0.39 is 6.10 Å². The molecule has 2 N–H and O–H groups in total. The molecule has 3 aromatic rings. The zero-order chi connectivity index (χ0) is 16.5. The molecule has 1 amide bonds. The molecule has 0 saturated carbocycles. The number of carbonyl (C=O) groups excluding carboxylic acids is 1. The van der Waals surface area contributed by atoms with Crippen molar-refractivity contribution in [1.82, 2.24) is 14.9 Å². The molecule has 0 saturated heterocycles. The maximum Gasteiger partial charge on any atom is 0.251 e. The highest BCUT2D eigenvalue weighted by molar-refractivity contribution is 5.94. The van der Waals surface area contributed by atoms with Crippen LogP contribution in [0, 0.1) is 0 Å². The lowest BCUT2D eigenvalue weighted by Gasteiger charge is -2.18. The van der Waals surface area contributed by atoms with Crippen molar-refractivity contribution in [3.05, 3.63) is 83.9 Å². The molecule has 0 spiro atoms. The Morgan fingerprint density at radius 3 is 2.71 bits per heavy atom. The fourth-order valence-corrected chi connectivity index (χ4v) is 3.17.